The zero-order valence-electron chi connectivity index (χ0n) is 13.4. The molecule has 2 rings (SSSR count). The van der Waals surface area contributed by atoms with E-state index in [1.165, 1.54) is 31.2 Å². The van der Waals surface area contributed by atoms with E-state index >= 15 is 0 Å². The van der Waals surface area contributed by atoms with E-state index in [0.717, 1.165) is 0 Å². The van der Waals surface area contributed by atoms with Crippen LogP contribution in [0.2, 0.25) is 0 Å². The van der Waals surface area contributed by atoms with Gasteiger partial charge in [0, 0.05) is 11.6 Å². The lowest BCUT2D eigenvalue weighted by atomic mass is 10.1. The molecule has 0 spiro atoms. The summed E-state index contributed by atoms with van der Waals surface area (Å²) in [5.41, 5.74) is -3.85. The van der Waals surface area contributed by atoms with Crippen LogP contribution in [0.1, 0.15) is 23.0 Å². The predicted molar refractivity (Wildman–Crippen MR) is 89.8 cm³/mol. The Hall–Kier alpha value is -2.79. The zero-order valence-corrected chi connectivity index (χ0v) is 14.1. The average Bonchev–Trinajstić information content (AvgIpc) is 2.56. The van der Waals surface area contributed by atoms with Crippen LogP contribution in [0.25, 0.3) is 5.69 Å². The van der Waals surface area contributed by atoms with E-state index in [-0.39, 0.29) is 21.9 Å². The number of hydrogen-bond donors (Lipinski definition) is 0. The second-order valence-corrected chi connectivity index (χ2v) is 5.96. The standard InChI is InChI=1S/C17H12ClF3N2O3/c1-3-7-22-13(17(19,20)21)9-14(24)23(16(22)26)12-6-4-5-11(8-12)15(25)10(2)18/h1,4-6,8-10H,7H2,2H3. The number of hydrogen-bond acceptors (Lipinski definition) is 3. The Kier molecular flexibility index (Phi) is 5.42. The lowest BCUT2D eigenvalue weighted by Crippen LogP contribution is -2.41. The van der Waals surface area contributed by atoms with Crippen molar-refractivity contribution in [1.82, 2.24) is 9.13 Å². The molecule has 9 heteroatoms. The quantitative estimate of drug-likeness (QED) is 0.462. The predicted octanol–water partition coefficient (Wildman–Crippen LogP) is 2.46. The normalized spacial score (nSPS) is 12.5. The summed E-state index contributed by atoms with van der Waals surface area (Å²) in [6.07, 6.45) is 0.111. The molecule has 0 saturated heterocycles. The maximum Gasteiger partial charge on any atom is 0.431 e. The second-order valence-electron chi connectivity index (χ2n) is 5.30. The van der Waals surface area contributed by atoms with Gasteiger partial charge in [-0.05, 0) is 19.1 Å². The molecule has 1 heterocycles. The van der Waals surface area contributed by atoms with Gasteiger partial charge in [0.1, 0.15) is 5.69 Å². The molecule has 1 unspecified atom stereocenters. The van der Waals surface area contributed by atoms with Crippen molar-refractivity contribution in [1.29, 1.82) is 0 Å². The van der Waals surface area contributed by atoms with E-state index < -0.39 is 40.8 Å². The number of halogens is 4. The van der Waals surface area contributed by atoms with Crippen molar-refractivity contribution < 1.29 is 18.0 Å². The number of aromatic nitrogens is 2. The first-order valence-electron chi connectivity index (χ1n) is 7.24. The third kappa shape index (κ3) is 3.73. The molecule has 0 fully saturated rings. The van der Waals surface area contributed by atoms with Gasteiger partial charge in [0.05, 0.1) is 17.6 Å². The van der Waals surface area contributed by atoms with Crippen LogP contribution in [0.4, 0.5) is 13.2 Å². The molecule has 2 aromatic rings. The van der Waals surface area contributed by atoms with Gasteiger partial charge in [0.25, 0.3) is 5.56 Å². The van der Waals surface area contributed by atoms with E-state index in [9.17, 15) is 27.6 Å². The molecule has 0 aliphatic carbocycles. The topological polar surface area (TPSA) is 61.1 Å². The number of terminal acetylenes is 1. The molecule has 0 N–H and O–H groups in total. The number of ketones is 1. The highest BCUT2D eigenvalue weighted by molar-refractivity contribution is 6.33. The first kappa shape index (κ1) is 19.5. The van der Waals surface area contributed by atoms with Gasteiger partial charge in [-0.25, -0.2) is 9.36 Å². The molecule has 1 aromatic heterocycles. The van der Waals surface area contributed by atoms with Crippen LogP contribution in [-0.2, 0) is 12.7 Å². The second kappa shape index (κ2) is 7.22. The van der Waals surface area contributed by atoms with Crippen molar-refractivity contribution in [3.8, 4) is 18.0 Å². The van der Waals surface area contributed by atoms with Crippen LogP contribution in [0.5, 0.6) is 0 Å². The van der Waals surface area contributed by atoms with Gasteiger partial charge in [-0.1, -0.05) is 18.1 Å². The maximum atomic E-state index is 13.1. The number of rotatable bonds is 4. The van der Waals surface area contributed by atoms with Gasteiger partial charge in [-0.3, -0.25) is 14.2 Å². The molecule has 0 saturated carbocycles. The molecule has 1 aromatic carbocycles. The number of nitrogens with zero attached hydrogens (tertiary/aromatic N) is 2. The fourth-order valence-electron chi connectivity index (χ4n) is 2.32. The van der Waals surface area contributed by atoms with Crippen molar-refractivity contribution in [3.05, 3.63) is 62.4 Å². The van der Waals surface area contributed by atoms with Crippen molar-refractivity contribution >= 4 is 17.4 Å². The van der Waals surface area contributed by atoms with Crippen molar-refractivity contribution in [2.45, 2.75) is 25.0 Å². The zero-order chi connectivity index (χ0) is 19.6. The lowest BCUT2D eigenvalue weighted by Gasteiger charge is -2.16. The minimum absolute atomic E-state index is 0.0670. The summed E-state index contributed by atoms with van der Waals surface area (Å²) in [6, 6.07) is 5.61. The fraction of sp³-hybridized carbons (Fsp3) is 0.235. The van der Waals surface area contributed by atoms with Crippen LogP contribution >= 0.6 is 11.6 Å². The summed E-state index contributed by atoms with van der Waals surface area (Å²) in [6.45, 7) is 0.770. The Labute approximate surface area is 150 Å². The van der Waals surface area contributed by atoms with Crippen molar-refractivity contribution in [2.24, 2.45) is 0 Å². The van der Waals surface area contributed by atoms with Gasteiger partial charge in [0.15, 0.2) is 5.78 Å². The summed E-state index contributed by atoms with van der Waals surface area (Å²) in [4.78, 5) is 36.6. The van der Waals surface area contributed by atoms with E-state index in [0.29, 0.717) is 4.57 Å². The summed E-state index contributed by atoms with van der Waals surface area (Å²) < 4.78 is 40.1. The maximum absolute atomic E-state index is 13.1. The SMILES string of the molecule is C#CCn1c(C(F)(F)F)cc(=O)n(-c2cccc(C(=O)C(C)Cl)c2)c1=O. The Bertz CT molecular complexity index is 1010. The van der Waals surface area contributed by atoms with Crippen LogP contribution in [0.3, 0.4) is 0 Å². The van der Waals surface area contributed by atoms with E-state index in [2.05, 4.69) is 0 Å². The summed E-state index contributed by atoms with van der Waals surface area (Å²) in [5.74, 6) is 1.50. The summed E-state index contributed by atoms with van der Waals surface area (Å²) in [7, 11) is 0. The highest BCUT2D eigenvalue weighted by Gasteiger charge is 2.35. The Morgan fingerprint density at radius 3 is 2.50 bits per heavy atom. The van der Waals surface area contributed by atoms with Crippen molar-refractivity contribution in [2.75, 3.05) is 0 Å². The molecule has 1 atom stereocenters. The Morgan fingerprint density at radius 1 is 1.31 bits per heavy atom. The number of carbonyl (C=O) groups is 1. The number of alkyl halides is 4. The highest BCUT2D eigenvalue weighted by atomic mass is 35.5. The molecule has 0 amide bonds. The van der Waals surface area contributed by atoms with Gasteiger partial charge < -0.3 is 0 Å². The van der Waals surface area contributed by atoms with Crippen LogP contribution in [-0.4, -0.2) is 20.3 Å². The Balaban J connectivity index is 2.77. The molecule has 0 aliphatic rings. The average molecular weight is 385 g/mol. The smallest absolute Gasteiger partial charge is 0.293 e. The molecule has 0 radical (unpaired) electrons. The van der Waals surface area contributed by atoms with E-state index in [1.807, 2.05) is 5.92 Å². The summed E-state index contributed by atoms with van der Waals surface area (Å²) in [5, 5.41) is -0.854. The van der Waals surface area contributed by atoms with Gasteiger partial charge in [-0.15, -0.1) is 18.0 Å². The first-order chi connectivity index (χ1) is 12.1. The van der Waals surface area contributed by atoms with E-state index in [1.54, 1.807) is 0 Å². The number of carbonyl (C=O) groups excluding carboxylic acids is 1. The third-order valence-corrected chi connectivity index (χ3v) is 3.68. The summed E-state index contributed by atoms with van der Waals surface area (Å²) >= 11 is 5.73. The Morgan fingerprint density at radius 2 is 1.96 bits per heavy atom. The van der Waals surface area contributed by atoms with Crippen molar-refractivity contribution in [3.63, 3.8) is 0 Å². The van der Waals surface area contributed by atoms with Gasteiger partial charge in [0.2, 0.25) is 0 Å². The minimum atomic E-state index is -4.93. The number of Topliss-reactive ketones (excluding diaryl/α,β-unsaturated/α-hetero) is 1. The molecule has 0 aliphatic heterocycles. The van der Waals surface area contributed by atoms with Gasteiger partial charge in [-0.2, -0.15) is 13.2 Å². The fourth-order valence-corrected chi connectivity index (χ4v) is 2.45. The molecular weight excluding hydrogens is 373 g/mol. The minimum Gasteiger partial charge on any atom is -0.293 e. The monoisotopic (exact) mass is 384 g/mol. The van der Waals surface area contributed by atoms with E-state index in [4.69, 9.17) is 18.0 Å². The highest BCUT2D eigenvalue weighted by Crippen LogP contribution is 2.27. The van der Waals surface area contributed by atoms with Crippen LogP contribution in [0.15, 0.2) is 39.9 Å². The molecule has 136 valence electrons. The number of benzene rings is 1. The van der Waals surface area contributed by atoms with Crippen LogP contribution in [0, 0.1) is 12.3 Å². The largest absolute Gasteiger partial charge is 0.431 e. The van der Waals surface area contributed by atoms with Crippen LogP contribution < -0.4 is 11.2 Å². The first-order valence-corrected chi connectivity index (χ1v) is 7.68. The molecular formula is C17H12ClF3N2O3. The molecule has 26 heavy (non-hydrogen) atoms. The van der Waals surface area contributed by atoms with Gasteiger partial charge >= 0.3 is 11.9 Å². The molecule has 0 bridgehead atoms. The molecule has 5 nitrogen and oxygen atoms in total. The lowest BCUT2D eigenvalue weighted by molar-refractivity contribution is -0.144. The third-order valence-electron chi connectivity index (χ3n) is 3.48.